The zero-order valence-corrected chi connectivity index (χ0v) is 12.4. The second kappa shape index (κ2) is 7.02. The van der Waals surface area contributed by atoms with Crippen molar-refractivity contribution in [3.63, 3.8) is 0 Å². The molecule has 0 aliphatic carbocycles. The minimum atomic E-state index is 0.479. The van der Waals surface area contributed by atoms with E-state index in [2.05, 4.69) is 17.3 Å². The highest BCUT2D eigenvalue weighted by molar-refractivity contribution is 7.98. The Labute approximate surface area is 120 Å². The van der Waals surface area contributed by atoms with E-state index in [0.717, 1.165) is 27.8 Å². The van der Waals surface area contributed by atoms with Crippen LogP contribution in [0.15, 0.2) is 34.5 Å². The van der Waals surface area contributed by atoms with Crippen molar-refractivity contribution in [2.24, 2.45) is 0 Å². The molecule has 2 rings (SSSR count). The first-order chi connectivity index (χ1) is 8.83. The lowest BCUT2D eigenvalue weighted by Gasteiger charge is -2.08. The van der Waals surface area contributed by atoms with Gasteiger partial charge in [0.2, 0.25) is 0 Å². The molecule has 0 atom stereocenters. The summed E-state index contributed by atoms with van der Waals surface area (Å²) >= 11 is 9.05. The Morgan fingerprint density at radius 3 is 2.94 bits per heavy atom. The van der Waals surface area contributed by atoms with Crippen LogP contribution in [-0.2, 0) is 12.3 Å². The molecule has 0 fully saturated rings. The van der Waals surface area contributed by atoms with Gasteiger partial charge >= 0.3 is 0 Å². The fourth-order valence-corrected chi connectivity index (χ4v) is 3.06. The van der Waals surface area contributed by atoms with Crippen LogP contribution in [0.1, 0.15) is 10.7 Å². The summed E-state index contributed by atoms with van der Waals surface area (Å²) in [6.07, 6.45) is 2.88. The van der Waals surface area contributed by atoms with Gasteiger partial charge in [0, 0.05) is 16.7 Å². The molecule has 0 radical (unpaired) electrons. The van der Waals surface area contributed by atoms with Gasteiger partial charge in [-0.05, 0) is 18.4 Å². The van der Waals surface area contributed by atoms with Gasteiger partial charge in [0.1, 0.15) is 5.75 Å². The van der Waals surface area contributed by atoms with Crippen LogP contribution in [0, 0.1) is 0 Å². The van der Waals surface area contributed by atoms with Crippen molar-refractivity contribution in [3.05, 3.63) is 40.3 Å². The molecule has 0 aliphatic heterocycles. The molecule has 1 aromatic carbocycles. The SMILES string of the molecule is CSc1ccccc1OCCc1nc(CCl)cs1. The predicted molar refractivity (Wildman–Crippen MR) is 79.1 cm³/mol. The van der Waals surface area contributed by atoms with Gasteiger partial charge in [-0.2, -0.15) is 0 Å². The van der Waals surface area contributed by atoms with Gasteiger partial charge in [0.25, 0.3) is 0 Å². The molecule has 2 aromatic rings. The Balaban J connectivity index is 1.88. The molecule has 0 saturated heterocycles. The zero-order chi connectivity index (χ0) is 12.8. The monoisotopic (exact) mass is 299 g/mol. The number of aromatic nitrogens is 1. The minimum Gasteiger partial charge on any atom is -0.492 e. The standard InChI is InChI=1S/C13H14ClNOS2/c1-17-12-5-3-2-4-11(12)16-7-6-13-15-10(8-14)9-18-13/h2-5,9H,6-8H2,1H3. The van der Waals surface area contributed by atoms with E-state index in [0.29, 0.717) is 12.5 Å². The van der Waals surface area contributed by atoms with Crippen molar-refractivity contribution in [1.29, 1.82) is 0 Å². The van der Waals surface area contributed by atoms with Crippen molar-refractivity contribution in [2.75, 3.05) is 12.9 Å². The molecule has 96 valence electrons. The van der Waals surface area contributed by atoms with Gasteiger partial charge in [0.05, 0.1) is 23.2 Å². The van der Waals surface area contributed by atoms with E-state index in [1.807, 2.05) is 23.6 Å². The number of alkyl halides is 1. The van der Waals surface area contributed by atoms with Crippen molar-refractivity contribution in [2.45, 2.75) is 17.2 Å². The highest BCUT2D eigenvalue weighted by Crippen LogP contribution is 2.27. The molecule has 1 heterocycles. The molecule has 1 aromatic heterocycles. The van der Waals surface area contributed by atoms with Gasteiger partial charge in [-0.3, -0.25) is 0 Å². The van der Waals surface area contributed by atoms with Gasteiger partial charge in [-0.15, -0.1) is 34.7 Å². The molecule has 0 saturated carbocycles. The van der Waals surface area contributed by atoms with Crippen LogP contribution in [0.25, 0.3) is 0 Å². The maximum atomic E-state index is 5.79. The number of ether oxygens (including phenoxy) is 1. The number of para-hydroxylation sites is 1. The Bertz CT molecular complexity index is 501. The lowest BCUT2D eigenvalue weighted by atomic mass is 10.3. The predicted octanol–water partition coefficient (Wildman–Crippen LogP) is 4.23. The lowest BCUT2D eigenvalue weighted by Crippen LogP contribution is -2.02. The maximum Gasteiger partial charge on any atom is 0.132 e. The Hall–Kier alpha value is -0.710. The molecule has 18 heavy (non-hydrogen) atoms. The van der Waals surface area contributed by atoms with Crippen LogP contribution >= 0.6 is 34.7 Å². The van der Waals surface area contributed by atoms with E-state index < -0.39 is 0 Å². The molecule has 0 spiro atoms. The summed E-state index contributed by atoms with van der Waals surface area (Å²) in [5.74, 6) is 1.42. The fourth-order valence-electron chi connectivity index (χ4n) is 1.51. The number of benzene rings is 1. The summed E-state index contributed by atoms with van der Waals surface area (Å²) in [5, 5.41) is 3.07. The summed E-state index contributed by atoms with van der Waals surface area (Å²) in [6, 6.07) is 8.07. The van der Waals surface area contributed by atoms with E-state index in [4.69, 9.17) is 16.3 Å². The van der Waals surface area contributed by atoms with Crippen LogP contribution in [0.3, 0.4) is 0 Å². The molecule has 5 heteroatoms. The molecule has 2 nitrogen and oxygen atoms in total. The summed E-state index contributed by atoms with van der Waals surface area (Å²) in [4.78, 5) is 5.57. The van der Waals surface area contributed by atoms with Crippen molar-refractivity contribution in [3.8, 4) is 5.75 Å². The van der Waals surface area contributed by atoms with Crippen molar-refractivity contribution < 1.29 is 4.74 Å². The topological polar surface area (TPSA) is 22.1 Å². The van der Waals surface area contributed by atoms with Crippen LogP contribution < -0.4 is 4.74 Å². The van der Waals surface area contributed by atoms with Crippen LogP contribution in [0.5, 0.6) is 5.75 Å². The van der Waals surface area contributed by atoms with Gasteiger partial charge in [0.15, 0.2) is 0 Å². The molecule has 0 bridgehead atoms. The molecular weight excluding hydrogens is 286 g/mol. The zero-order valence-electron chi connectivity index (χ0n) is 10.1. The third kappa shape index (κ3) is 3.64. The average Bonchev–Trinajstić information content (AvgIpc) is 2.87. The Morgan fingerprint density at radius 2 is 2.22 bits per heavy atom. The number of hydrogen-bond acceptors (Lipinski definition) is 4. The van der Waals surface area contributed by atoms with Crippen LogP contribution in [-0.4, -0.2) is 17.8 Å². The normalized spacial score (nSPS) is 10.6. The second-order valence-corrected chi connectivity index (χ2v) is 5.67. The van der Waals surface area contributed by atoms with E-state index in [9.17, 15) is 0 Å². The highest BCUT2D eigenvalue weighted by Gasteiger charge is 2.04. The largest absolute Gasteiger partial charge is 0.492 e. The lowest BCUT2D eigenvalue weighted by molar-refractivity contribution is 0.314. The summed E-state index contributed by atoms with van der Waals surface area (Å²) in [6.45, 7) is 0.646. The highest BCUT2D eigenvalue weighted by atomic mass is 35.5. The first kappa shape index (κ1) is 13.7. The van der Waals surface area contributed by atoms with Gasteiger partial charge < -0.3 is 4.74 Å². The Kier molecular flexibility index (Phi) is 5.35. The molecular formula is C13H14ClNOS2. The molecule has 0 amide bonds. The number of thioether (sulfide) groups is 1. The van der Waals surface area contributed by atoms with E-state index in [1.165, 1.54) is 0 Å². The van der Waals surface area contributed by atoms with Crippen LogP contribution in [0.2, 0.25) is 0 Å². The minimum absolute atomic E-state index is 0.479. The fraction of sp³-hybridized carbons (Fsp3) is 0.308. The van der Waals surface area contributed by atoms with E-state index in [1.54, 1.807) is 23.1 Å². The van der Waals surface area contributed by atoms with Gasteiger partial charge in [-0.25, -0.2) is 4.98 Å². The first-order valence-electron chi connectivity index (χ1n) is 5.58. The summed E-state index contributed by atoms with van der Waals surface area (Å²) in [5.41, 5.74) is 0.946. The van der Waals surface area contributed by atoms with E-state index >= 15 is 0 Å². The van der Waals surface area contributed by atoms with Crippen LogP contribution in [0.4, 0.5) is 0 Å². The number of nitrogens with zero attached hydrogens (tertiary/aromatic N) is 1. The second-order valence-electron chi connectivity index (χ2n) is 3.62. The smallest absolute Gasteiger partial charge is 0.132 e. The van der Waals surface area contributed by atoms with Gasteiger partial charge in [-0.1, -0.05) is 12.1 Å². The Morgan fingerprint density at radius 1 is 1.39 bits per heavy atom. The molecule has 0 N–H and O–H groups in total. The molecule has 0 unspecified atom stereocenters. The summed E-state index contributed by atoms with van der Waals surface area (Å²) in [7, 11) is 0. The summed E-state index contributed by atoms with van der Waals surface area (Å²) < 4.78 is 5.79. The average molecular weight is 300 g/mol. The maximum absolute atomic E-state index is 5.79. The third-order valence-corrected chi connectivity index (χ3v) is 4.39. The number of halogens is 1. The number of rotatable bonds is 6. The first-order valence-corrected chi connectivity index (χ1v) is 8.22. The number of hydrogen-bond donors (Lipinski definition) is 0. The molecule has 0 aliphatic rings. The quantitative estimate of drug-likeness (QED) is 0.589. The third-order valence-electron chi connectivity index (χ3n) is 2.38. The van der Waals surface area contributed by atoms with E-state index in [-0.39, 0.29) is 0 Å². The van der Waals surface area contributed by atoms with Crippen molar-refractivity contribution >= 4 is 34.7 Å². The van der Waals surface area contributed by atoms with Crippen molar-refractivity contribution in [1.82, 2.24) is 4.98 Å². The number of thiazole rings is 1.